The van der Waals surface area contributed by atoms with Gasteiger partial charge in [-0.05, 0) is 47.9 Å². The summed E-state index contributed by atoms with van der Waals surface area (Å²) in [5.41, 5.74) is 10.1. The molecule has 148 valence electrons. The van der Waals surface area contributed by atoms with Gasteiger partial charge in [0.2, 0.25) is 0 Å². The van der Waals surface area contributed by atoms with E-state index in [4.69, 9.17) is 5.73 Å². The van der Waals surface area contributed by atoms with Gasteiger partial charge >= 0.3 is 0 Å². The average Bonchev–Trinajstić information content (AvgIpc) is 2.73. The fourth-order valence-corrected chi connectivity index (χ4v) is 3.26. The summed E-state index contributed by atoms with van der Waals surface area (Å²) in [5.74, 6) is 0. The molecule has 0 unspecified atom stereocenters. The summed E-state index contributed by atoms with van der Waals surface area (Å²) in [5, 5.41) is 18.6. The third kappa shape index (κ3) is 7.10. The smallest absolute Gasteiger partial charge is 0.0633 e. The first-order chi connectivity index (χ1) is 13.1. The minimum Gasteiger partial charge on any atom is -0.394 e. The lowest BCUT2D eigenvalue weighted by Gasteiger charge is -2.24. The molecule has 3 heteroatoms. The summed E-state index contributed by atoms with van der Waals surface area (Å²) in [4.78, 5) is 0. The number of unbranched alkanes of at least 4 members (excludes halogenated alkanes) is 4. The molecule has 0 amide bonds. The van der Waals surface area contributed by atoms with Crippen molar-refractivity contribution in [2.75, 3.05) is 13.2 Å². The number of aryl methyl sites for hydroxylation is 2. The Morgan fingerprint density at radius 3 is 1.67 bits per heavy atom. The van der Waals surface area contributed by atoms with Crippen LogP contribution in [-0.2, 0) is 12.8 Å². The highest BCUT2D eigenvalue weighted by atomic mass is 16.3. The zero-order valence-electron chi connectivity index (χ0n) is 16.7. The molecule has 0 fully saturated rings. The van der Waals surface area contributed by atoms with Crippen LogP contribution in [0.2, 0.25) is 0 Å². The summed E-state index contributed by atoms with van der Waals surface area (Å²) < 4.78 is 0. The van der Waals surface area contributed by atoms with Crippen LogP contribution in [0.5, 0.6) is 0 Å². The number of hydrogen-bond donors (Lipinski definition) is 3. The van der Waals surface area contributed by atoms with E-state index in [0.717, 1.165) is 6.42 Å². The van der Waals surface area contributed by atoms with Gasteiger partial charge < -0.3 is 15.9 Å². The van der Waals surface area contributed by atoms with Crippen molar-refractivity contribution < 1.29 is 10.2 Å². The fraction of sp³-hybridized carbons (Fsp3) is 0.500. The van der Waals surface area contributed by atoms with Gasteiger partial charge in [-0.25, -0.2) is 0 Å². The summed E-state index contributed by atoms with van der Waals surface area (Å²) in [7, 11) is 0. The van der Waals surface area contributed by atoms with Crippen LogP contribution >= 0.6 is 0 Å². The maximum atomic E-state index is 9.29. The Kier molecular flexibility index (Phi) is 8.99. The first-order valence-corrected chi connectivity index (χ1v) is 10.3. The highest BCUT2D eigenvalue weighted by molar-refractivity contribution is 5.64. The van der Waals surface area contributed by atoms with E-state index >= 15 is 0 Å². The maximum absolute atomic E-state index is 9.29. The molecule has 0 aliphatic carbocycles. The summed E-state index contributed by atoms with van der Waals surface area (Å²) in [6, 6.07) is 17.4. The number of rotatable bonds is 12. The lowest BCUT2D eigenvalue weighted by atomic mass is 9.93. The van der Waals surface area contributed by atoms with Gasteiger partial charge in [0.1, 0.15) is 0 Å². The highest BCUT2D eigenvalue weighted by Crippen LogP contribution is 2.22. The van der Waals surface area contributed by atoms with Crippen molar-refractivity contribution >= 4 is 0 Å². The average molecular weight is 370 g/mol. The molecule has 3 nitrogen and oxygen atoms in total. The second kappa shape index (κ2) is 11.2. The van der Waals surface area contributed by atoms with Crippen LogP contribution in [0.3, 0.4) is 0 Å². The molecule has 0 aliphatic rings. The molecule has 0 bridgehead atoms. The van der Waals surface area contributed by atoms with E-state index in [2.05, 4.69) is 55.5 Å². The largest absolute Gasteiger partial charge is 0.394 e. The van der Waals surface area contributed by atoms with E-state index in [0.29, 0.717) is 6.42 Å². The van der Waals surface area contributed by atoms with Crippen molar-refractivity contribution in [3.63, 3.8) is 0 Å². The van der Waals surface area contributed by atoms with E-state index < -0.39 is 5.54 Å². The molecule has 27 heavy (non-hydrogen) atoms. The van der Waals surface area contributed by atoms with Crippen molar-refractivity contribution in [1.29, 1.82) is 0 Å². The van der Waals surface area contributed by atoms with E-state index in [1.807, 2.05) is 0 Å². The Hall–Kier alpha value is -1.68. The normalized spacial score (nSPS) is 11.7. The number of hydrogen-bond acceptors (Lipinski definition) is 3. The Morgan fingerprint density at radius 1 is 0.704 bits per heavy atom. The molecule has 0 aliphatic heterocycles. The van der Waals surface area contributed by atoms with E-state index in [1.54, 1.807) is 0 Å². The van der Waals surface area contributed by atoms with Gasteiger partial charge in [-0.2, -0.15) is 0 Å². The van der Waals surface area contributed by atoms with Gasteiger partial charge in [0.15, 0.2) is 0 Å². The SMILES string of the molecule is CCCCCCCc1ccc(-c2ccc(CCC(N)(CO)CO)cc2)cc1. The zero-order valence-corrected chi connectivity index (χ0v) is 16.7. The van der Waals surface area contributed by atoms with Crippen molar-refractivity contribution in [2.24, 2.45) is 5.73 Å². The summed E-state index contributed by atoms with van der Waals surface area (Å²) in [6.45, 7) is 1.85. The van der Waals surface area contributed by atoms with Gasteiger partial charge in [-0.3, -0.25) is 0 Å². The van der Waals surface area contributed by atoms with Gasteiger partial charge in [-0.15, -0.1) is 0 Å². The summed E-state index contributed by atoms with van der Waals surface area (Å²) in [6.07, 6.45) is 9.07. The molecular weight excluding hydrogens is 334 g/mol. The number of nitrogens with two attached hydrogens (primary N) is 1. The van der Waals surface area contributed by atoms with E-state index in [-0.39, 0.29) is 13.2 Å². The van der Waals surface area contributed by atoms with Crippen LogP contribution in [0.1, 0.15) is 56.6 Å². The third-order valence-electron chi connectivity index (χ3n) is 5.35. The molecule has 2 rings (SSSR count). The number of aliphatic hydroxyl groups is 2. The lowest BCUT2D eigenvalue weighted by Crippen LogP contribution is -2.47. The lowest BCUT2D eigenvalue weighted by molar-refractivity contribution is 0.115. The third-order valence-corrected chi connectivity index (χ3v) is 5.35. The summed E-state index contributed by atoms with van der Waals surface area (Å²) >= 11 is 0. The van der Waals surface area contributed by atoms with Crippen molar-refractivity contribution in [3.8, 4) is 11.1 Å². The fourth-order valence-electron chi connectivity index (χ4n) is 3.26. The molecule has 2 aromatic carbocycles. The van der Waals surface area contributed by atoms with Crippen molar-refractivity contribution in [1.82, 2.24) is 0 Å². The first-order valence-electron chi connectivity index (χ1n) is 10.3. The predicted molar refractivity (Wildman–Crippen MR) is 114 cm³/mol. The minimum atomic E-state index is -0.898. The molecule has 0 atom stereocenters. The van der Waals surface area contributed by atoms with Crippen LogP contribution in [0.25, 0.3) is 11.1 Å². The molecule has 0 radical (unpaired) electrons. The Bertz CT molecular complexity index is 645. The van der Waals surface area contributed by atoms with Crippen LogP contribution < -0.4 is 5.73 Å². The Balaban J connectivity index is 1.87. The van der Waals surface area contributed by atoms with Gasteiger partial charge in [0, 0.05) is 0 Å². The molecule has 0 aromatic heterocycles. The van der Waals surface area contributed by atoms with Crippen molar-refractivity contribution in [2.45, 2.75) is 63.8 Å². The monoisotopic (exact) mass is 369 g/mol. The molecule has 4 N–H and O–H groups in total. The highest BCUT2D eigenvalue weighted by Gasteiger charge is 2.22. The van der Waals surface area contributed by atoms with Crippen LogP contribution in [0, 0.1) is 0 Å². The van der Waals surface area contributed by atoms with Crippen LogP contribution in [0.15, 0.2) is 48.5 Å². The molecule has 0 heterocycles. The van der Waals surface area contributed by atoms with Gasteiger partial charge in [0.05, 0.1) is 18.8 Å². The zero-order chi connectivity index (χ0) is 19.5. The quantitative estimate of drug-likeness (QED) is 0.483. The molecule has 0 saturated heterocycles. The number of aliphatic hydroxyl groups excluding tert-OH is 2. The first kappa shape index (κ1) is 21.6. The standard InChI is InChI=1S/C24H35NO2/c1-2-3-4-5-6-7-20-8-12-22(13-9-20)23-14-10-21(11-15-23)16-17-24(25,18-26)19-27/h8-15,26-27H,2-7,16-19,25H2,1H3. The van der Waals surface area contributed by atoms with Crippen LogP contribution in [0.4, 0.5) is 0 Å². The molecule has 0 spiro atoms. The van der Waals surface area contributed by atoms with E-state index in [9.17, 15) is 10.2 Å². The van der Waals surface area contributed by atoms with Gasteiger partial charge in [0.25, 0.3) is 0 Å². The second-order valence-electron chi connectivity index (χ2n) is 7.74. The van der Waals surface area contributed by atoms with Crippen molar-refractivity contribution in [3.05, 3.63) is 59.7 Å². The second-order valence-corrected chi connectivity index (χ2v) is 7.74. The Labute approximate surface area is 164 Å². The minimum absolute atomic E-state index is 0.202. The maximum Gasteiger partial charge on any atom is 0.0633 e. The van der Waals surface area contributed by atoms with Crippen LogP contribution in [-0.4, -0.2) is 29.0 Å². The predicted octanol–water partition coefficient (Wildman–Crippen LogP) is 4.48. The molecule has 2 aromatic rings. The molecular formula is C24H35NO2. The van der Waals surface area contributed by atoms with Gasteiger partial charge in [-0.1, -0.05) is 81.1 Å². The van der Waals surface area contributed by atoms with E-state index in [1.165, 1.54) is 60.8 Å². The Morgan fingerprint density at radius 2 is 1.19 bits per heavy atom. The molecule has 0 saturated carbocycles. The number of benzene rings is 2. The topological polar surface area (TPSA) is 66.5 Å².